The maximum atomic E-state index is 12.9. The van der Waals surface area contributed by atoms with E-state index in [2.05, 4.69) is 5.10 Å². The largest absolute Gasteiger partial charge is 0.378 e. The number of aromatic nitrogens is 2. The lowest BCUT2D eigenvalue weighted by atomic mass is 10.1. The summed E-state index contributed by atoms with van der Waals surface area (Å²) in [5.41, 5.74) is 0.937. The predicted molar refractivity (Wildman–Crippen MR) is 81.4 cm³/mol. The van der Waals surface area contributed by atoms with Crippen molar-refractivity contribution >= 4 is 11.8 Å². The molecule has 3 aliphatic rings. The van der Waals surface area contributed by atoms with Crippen LogP contribution in [-0.4, -0.2) is 64.2 Å². The van der Waals surface area contributed by atoms with Crippen LogP contribution in [0.25, 0.3) is 0 Å². The molecule has 0 N–H and O–H groups in total. The highest BCUT2D eigenvalue weighted by Crippen LogP contribution is 2.34. The van der Waals surface area contributed by atoms with Gasteiger partial charge in [-0.2, -0.15) is 5.10 Å². The van der Waals surface area contributed by atoms with Crippen LogP contribution in [-0.2, 0) is 20.9 Å². The number of amides is 2. The second-order valence-corrected chi connectivity index (χ2v) is 6.64. The molecule has 2 fully saturated rings. The highest BCUT2D eigenvalue weighted by molar-refractivity contribution is 5.83. The molecule has 1 aliphatic carbocycles. The lowest BCUT2D eigenvalue weighted by Gasteiger charge is -2.37. The number of nitrogens with zero attached hydrogens (tertiary/aromatic N) is 4. The molecule has 1 saturated heterocycles. The smallest absolute Gasteiger partial charge is 0.249 e. The van der Waals surface area contributed by atoms with Gasteiger partial charge in [0.2, 0.25) is 11.8 Å². The van der Waals surface area contributed by atoms with Crippen molar-refractivity contribution < 1.29 is 14.3 Å². The molecule has 0 radical (unpaired) electrons. The van der Waals surface area contributed by atoms with Gasteiger partial charge >= 0.3 is 0 Å². The summed E-state index contributed by atoms with van der Waals surface area (Å²) < 4.78 is 7.11. The predicted octanol–water partition coefficient (Wildman–Crippen LogP) is 0.425. The van der Waals surface area contributed by atoms with E-state index >= 15 is 0 Å². The molecular formula is C16H22N4O3. The molecule has 4 rings (SSSR count). The summed E-state index contributed by atoms with van der Waals surface area (Å²) in [6, 6.07) is 1.49. The van der Waals surface area contributed by atoms with Crippen LogP contribution in [0, 0.1) is 5.92 Å². The fourth-order valence-electron chi connectivity index (χ4n) is 3.36. The highest BCUT2D eigenvalue weighted by Gasteiger charge is 2.37. The minimum Gasteiger partial charge on any atom is -0.378 e. The molecule has 7 nitrogen and oxygen atoms in total. The molecule has 1 aromatic heterocycles. The van der Waals surface area contributed by atoms with Crippen LogP contribution in [0.2, 0.25) is 0 Å². The van der Waals surface area contributed by atoms with Gasteiger partial charge in [0.15, 0.2) is 0 Å². The van der Waals surface area contributed by atoms with Crippen LogP contribution in [0.4, 0.5) is 0 Å². The number of fused-ring (bicyclic) bond motifs is 1. The Balaban J connectivity index is 1.52. The van der Waals surface area contributed by atoms with Crippen LogP contribution in [0.1, 0.15) is 31.0 Å². The third-order valence-electron chi connectivity index (χ3n) is 4.91. The number of hydrogen-bond donors (Lipinski definition) is 0. The zero-order valence-corrected chi connectivity index (χ0v) is 13.2. The fraction of sp³-hybridized carbons (Fsp3) is 0.688. The third-order valence-corrected chi connectivity index (χ3v) is 4.91. The Morgan fingerprint density at radius 3 is 2.74 bits per heavy atom. The van der Waals surface area contributed by atoms with E-state index in [0.717, 1.165) is 18.5 Å². The van der Waals surface area contributed by atoms with Gasteiger partial charge in [0, 0.05) is 25.7 Å². The van der Waals surface area contributed by atoms with Crippen molar-refractivity contribution in [3.8, 4) is 0 Å². The van der Waals surface area contributed by atoms with Crippen LogP contribution in [0.15, 0.2) is 12.3 Å². The van der Waals surface area contributed by atoms with E-state index in [-0.39, 0.29) is 11.8 Å². The van der Waals surface area contributed by atoms with E-state index in [1.54, 1.807) is 10.9 Å². The van der Waals surface area contributed by atoms with E-state index in [1.165, 1.54) is 0 Å². The lowest BCUT2D eigenvalue weighted by Crippen LogP contribution is -2.50. The Morgan fingerprint density at radius 1 is 1.22 bits per heavy atom. The molecule has 1 unspecified atom stereocenters. The monoisotopic (exact) mass is 318 g/mol. The standard InChI is InChI=1S/C16H22N4O3/c21-15(9-12-1-2-12)19-10-13-3-4-17-20(13)14(11-19)16(22)18-5-7-23-8-6-18/h3-4,12,14H,1-2,5-11H2. The minimum absolute atomic E-state index is 0.0437. The maximum Gasteiger partial charge on any atom is 0.249 e. The summed E-state index contributed by atoms with van der Waals surface area (Å²) in [7, 11) is 0. The SMILES string of the molecule is O=C(CC1CC1)N1Cc2ccnn2C(C(=O)N2CCOCC2)C1. The van der Waals surface area contributed by atoms with Crippen LogP contribution in [0.5, 0.6) is 0 Å². The molecule has 7 heteroatoms. The van der Waals surface area contributed by atoms with E-state index in [0.29, 0.717) is 51.7 Å². The Hall–Kier alpha value is -1.89. The number of hydrogen-bond acceptors (Lipinski definition) is 4. The number of ether oxygens (including phenoxy) is 1. The van der Waals surface area contributed by atoms with Gasteiger partial charge in [-0.15, -0.1) is 0 Å². The van der Waals surface area contributed by atoms with Crippen molar-refractivity contribution in [2.75, 3.05) is 32.8 Å². The van der Waals surface area contributed by atoms with Crippen molar-refractivity contribution in [2.45, 2.75) is 31.8 Å². The molecule has 0 bridgehead atoms. The average Bonchev–Trinajstić information content (AvgIpc) is 3.27. The summed E-state index contributed by atoms with van der Waals surface area (Å²) in [5.74, 6) is 0.768. The first-order valence-electron chi connectivity index (χ1n) is 8.39. The first-order valence-corrected chi connectivity index (χ1v) is 8.39. The molecule has 1 aromatic rings. The zero-order chi connectivity index (χ0) is 15.8. The summed E-state index contributed by atoms with van der Waals surface area (Å²) in [6.45, 7) is 3.36. The van der Waals surface area contributed by atoms with Crippen LogP contribution >= 0.6 is 0 Å². The Kier molecular flexibility index (Phi) is 3.80. The average molecular weight is 318 g/mol. The summed E-state index contributed by atoms with van der Waals surface area (Å²) >= 11 is 0. The van der Waals surface area contributed by atoms with E-state index in [9.17, 15) is 9.59 Å². The number of rotatable bonds is 3. The third kappa shape index (κ3) is 2.97. The first kappa shape index (κ1) is 14.7. The molecule has 3 heterocycles. The molecule has 1 saturated carbocycles. The molecule has 2 amide bonds. The molecule has 0 aromatic carbocycles. The van der Waals surface area contributed by atoms with Crippen LogP contribution in [0.3, 0.4) is 0 Å². The molecular weight excluding hydrogens is 296 g/mol. The fourth-order valence-corrected chi connectivity index (χ4v) is 3.36. The molecule has 1 atom stereocenters. The number of morpholine rings is 1. The van der Waals surface area contributed by atoms with Gasteiger partial charge in [-0.1, -0.05) is 0 Å². The molecule has 124 valence electrons. The topological polar surface area (TPSA) is 67.7 Å². The summed E-state index contributed by atoms with van der Waals surface area (Å²) in [5, 5.41) is 4.32. The Labute approximate surface area is 135 Å². The molecule has 23 heavy (non-hydrogen) atoms. The van der Waals surface area contributed by atoms with Gasteiger partial charge in [-0.25, -0.2) is 0 Å². The summed E-state index contributed by atoms with van der Waals surface area (Å²) in [4.78, 5) is 29.0. The minimum atomic E-state index is -0.407. The summed E-state index contributed by atoms with van der Waals surface area (Å²) in [6.07, 6.45) is 4.65. The van der Waals surface area contributed by atoms with E-state index in [1.807, 2.05) is 15.9 Å². The van der Waals surface area contributed by atoms with Crippen molar-refractivity contribution in [1.82, 2.24) is 19.6 Å². The first-order chi connectivity index (χ1) is 11.2. The highest BCUT2D eigenvalue weighted by atomic mass is 16.5. The second-order valence-electron chi connectivity index (χ2n) is 6.64. The van der Waals surface area contributed by atoms with Gasteiger partial charge in [0.1, 0.15) is 6.04 Å². The van der Waals surface area contributed by atoms with Crippen molar-refractivity contribution in [1.29, 1.82) is 0 Å². The van der Waals surface area contributed by atoms with Crippen molar-refractivity contribution in [2.24, 2.45) is 5.92 Å². The van der Waals surface area contributed by atoms with Crippen molar-refractivity contribution in [3.63, 3.8) is 0 Å². The second kappa shape index (κ2) is 5.96. The van der Waals surface area contributed by atoms with Crippen LogP contribution < -0.4 is 0 Å². The van der Waals surface area contributed by atoms with Gasteiger partial charge in [0.05, 0.1) is 32.0 Å². The zero-order valence-electron chi connectivity index (χ0n) is 13.2. The van der Waals surface area contributed by atoms with E-state index < -0.39 is 6.04 Å². The molecule has 2 aliphatic heterocycles. The van der Waals surface area contributed by atoms with Gasteiger partial charge in [0.25, 0.3) is 0 Å². The van der Waals surface area contributed by atoms with Gasteiger partial charge < -0.3 is 14.5 Å². The Bertz CT molecular complexity index is 604. The number of carbonyl (C=O) groups is 2. The molecule has 0 spiro atoms. The van der Waals surface area contributed by atoms with Gasteiger partial charge in [-0.3, -0.25) is 14.3 Å². The lowest BCUT2D eigenvalue weighted by molar-refractivity contribution is -0.143. The number of carbonyl (C=O) groups excluding carboxylic acids is 2. The quantitative estimate of drug-likeness (QED) is 0.810. The Morgan fingerprint density at radius 2 is 2.00 bits per heavy atom. The van der Waals surface area contributed by atoms with E-state index in [4.69, 9.17) is 4.74 Å². The maximum absolute atomic E-state index is 12.9. The van der Waals surface area contributed by atoms with Gasteiger partial charge in [-0.05, 0) is 24.8 Å². The van der Waals surface area contributed by atoms with Crippen molar-refractivity contribution in [3.05, 3.63) is 18.0 Å². The normalized spacial score (nSPS) is 24.4.